The molecular formula is C14H20F3IN4S. The van der Waals surface area contributed by atoms with E-state index in [9.17, 15) is 13.2 Å². The van der Waals surface area contributed by atoms with Crippen LogP contribution in [0.4, 0.5) is 13.2 Å². The average Bonchev–Trinajstić information content (AvgIpc) is 3.09. The van der Waals surface area contributed by atoms with E-state index in [-0.39, 0.29) is 24.0 Å². The minimum atomic E-state index is -4.37. The van der Waals surface area contributed by atoms with E-state index in [0.717, 1.165) is 36.1 Å². The molecule has 9 heteroatoms. The van der Waals surface area contributed by atoms with Gasteiger partial charge in [-0.05, 0) is 19.8 Å². The molecule has 1 aromatic rings. The Kier molecular flexibility index (Phi) is 8.31. The summed E-state index contributed by atoms with van der Waals surface area (Å²) in [6, 6.07) is 0.342. The van der Waals surface area contributed by atoms with Gasteiger partial charge in [0, 0.05) is 30.9 Å². The maximum atomic E-state index is 12.5. The molecule has 0 saturated carbocycles. The minimum Gasteiger partial charge on any atom is -0.357 e. The first-order valence-electron chi connectivity index (χ1n) is 7.20. The Bertz CT molecular complexity index is 534. The molecule has 23 heavy (non-hydrogen) atoms. The minimum absolute atomic E-state index is 0. The number of halogens is 4. The molecular weight excluding hydrogens is 440 g/mol. The van der Waals surface area contributed by atoms with Crippen LogP contribution >= 0.6 is 35.3 Å². The van der Waals surface area contributed by atoms with Crippen LogP contribution in [0, 0.1) is 0 Å². The largest absolute Gasteiger partial charge is 0.434 e. The van der Waals surface area contributed by atoms with E-state index in [1.54, 1.807) is 0 Å². The predicted molar refractivity (Wildman–Crippen MR) is 97.5 cm³/mol. The van der Waals surface area contributed by atoms with E-state index in [0.29, 0.717) is 30.0 Å². The van der Waals surface area contributed by atoms with Gasteiger partial charge in [-0.15, -0.1) is 35.3 Å². The third-order valence-corrected chi connectivity index (χ3v) is 4.04. The maximum absolute atomic E-state index is 12.5. The molecule has 0 unspecified atom stereocenters. The Morgan fingerprint density at radius 3 is 2.65 bits per heavy atom. The zero-order valence-electron chi connectivity index (χ0n) is 12.7. The number of alkyl halides is 3. The summed E-state index contributed by atoms with van der Waals surface area (Å²) in [6.07, 6.45) is 2.20. The van der Waals surface area contributed by atoms with E-state index in [2.05, 4.69) is 32.8 Å². The zero-order chi connectivity index (χ0) is 16.0. The number of hydrogen-bond acceptors (Lipinski definition) is 3. The van der Waals surface area contributed by atoms with Crippen molar-refractivity contribution in [1.82, 2.24) is 15.6 Å². The monoisotopic (exact) mass is 460 g/mol. The van der Waals surface area contributed by atoms with E-state index >= 15 is 0 Å². The SMILES string of the molecule is CCNC(=NCCc1nc(C(F)(F)F)cs1)NC1CC=CC1.I. The summed E-state index contributed by atoms with van der Waals surface area (Å²) >= 11 is 1.02. The Hall–Kier alpha value is -0.840. The van der Waals surface area contributed by atoms with Gasteiger partial charge in [-0.3, -0.25) is 4.99 Å². The zero-order valence-corrected chi connectivity index (χ0v) is 15.8. The molecule has 0 spiro atoms. The molecule has 0 atom stereocenters. The first-order chi connectivity index (χ1) is 10.5. The van der Waals surface area contributed by atoms with Crippen molar-refractivity contribution in [2.45, 2.75) is 38.4 Å². The summed E-state index contributed by atoms with van der Waals surface area (Å²) in [5.41, 5.74) is -0.821. The first kappa shape index (κ1) is 20.2. The summed E-state index contributed by atoms with van der Waals surface area (Å²) in [5, 5.41) is 7.95. The first-order valence-corrected chi connectivity index (χ1v) is 8.08. The van der Waals surface area contributed by atoms with Crippen molar-refractivity contribution in [3.05, 3.63) is 28.2 Å². The van der Waals surface area contributed by atoms with Gasteiger partial charge in [0.2, 0.25) is 0 Å². The van der Waals surface area contributed by atoms with Gasteiger partial charge in [0.15, 0.2) is 11.7 Å². The number of hydrogen-bond donors (Lipinski definition) is 2. The van der Waals surface area contributed by atoms with Gasteiger partial charge in [-0.1, -0.05) is 12.2 Å². The Labute approximate surface area is 154 Å². The van der Waals surface area contributed by atoms with Crippen molar-refractivity contribution in [1.29, 1.82) is 0 Å². The quantitative estimate of drug-likeness (QED) is 0.306. The van der Waals surface area contributed by atoms with Crippen molar-refractivity contribution in [2.75, 3.05) is 13.1 Å². The summed E-state index contributed by atoms with van der Waals surface area (Å²) in [5.74, 6) is 0.698. The Morgan fingerprint density at radius 2 is 2.09 bits per heavy atom. The molecule has 1 aromatic heterocycles. The second-order valence-electron chi connectivity index (χ2n) is 4.92. The Morgan fingerprint density at radius 1 is 1.39 bits per heavy atom. The van der Waals surface area contributed by atoms with Crippen LogP contribution in [0.1, 0.15) is 30.5 Å². The molecule has 1 aliphatic rings. The number of nitrogens with zero attached hydrogens (tertiary/aromatic N) is 2. The molecule has 0 aromatic carbocycles. The summed E-state index contributed by atoms with van der Waals surface area (Å²) in [4.78, 5) is 8.00. The van der Waals surface area contributed by atoms with Gasteiger partial charge < -0.3 is 10.6 Å². The molecule has 4 nitrogen and oxygen atoms in total. The lowest BCUT2D eigenvalue weighted by molar-refractivity contribution is -0.140. The van der Waals surface area contributed by atoms with Crippen LogP contribution < -0.4 is 10.6 Å². The number of rotatable bonds is 5. The van der Waals surface area contributed by atoms with Crippen molar-refractivity contribution in [3.8, 4) is 0 Å². The number of nitrogens with one attached hydrogen (secondary N) is 2. The Balaban J connectivity index is 0.00000264. The van der Waals surface area contributed by atoms with E-state index in [1.165, 1.54) is 0 Å². The molecule has 2 rings (SSSR count). The van der Waals surface area contributed by atoms with Gasteiger partial charge in [-0.2, -0.15) is 13.2 Å². The van der Waals surface area contributed by atoms with E-state index in [1.807, 2.05) is 6.92 Å². The highest BCUT2D eigenvalue weighted by Crippen LogP contribution is 2.30. The molecule has 1 heterocycles. The third kappa shape index (κ3) is 6.66. The lowest BCUT2D eigenvalue weighted by atomic mass is 10.2. The van der Waals surface area contributed by atoms with Crippen LogP contribution in [0.2, 0.25) is 0 Å². The summed E-state index contributed by atoms with van der Waals surface area (Å²) in [7, 11) is 0. The molecule has 0 radical (unpaired) electrons. The number of aromatic nitrogens is 1. The smallest absolute Gasteiger partial charge is 0.357 e. The second-order valence-corrected chi connectivity index (χ2v) is 5.86. The number of thiazole rings is 1. The summed E-state index contributed by atoms with van der Waals surface area (Å²) < 4.78 is 37.4. The van der Waals surface area contributed by atoms with Gasteiger partial charge in [0.1, 0.15) is 0 Å². The molecule has 1 aliphatic carbocycles. The van der Waals surface area contributed by atoms with Crippen LogP contribution in [-0.2, 0) is 12.6 Å². The lowest BCUT2D eigenvalue weighted by Crippen LogP contribution is -2.42. The molecule has 130 valence electrons. The fourth-order valence-electron chi connectivity index (χ4n) is 2.07. The lowest BCUT2D eigenvalue weighted by Gasteiger charge is -2.16. The van der Waals surface area contributed by atoms with Crippen molar-refractivity contribution >= 4 is 41.3 Å². The maximum Gasteiger partial charge on any atom is 0.434 e. The average molecular weight is 460 g/mol. The molecule has 0 saturated heterocycles. The topological polar surface area (TPSA) is 49.3 Å². The molecule has 0 aliphatic heterocycles. The fourth-order valence-corrected chi connectivity index (χ4v) is 2.86. The van der Waals surface area contributed by atoms with Crippen molar-refractivity contribution < 1.29 is 13.2 Å². The van der Waals surface area contributed by atoms with Gasteiger partial charge in [0.25, 0.3) is 0 Å². The van der Waals surface area contributed by atoms with Gasteiger partial charge in [-0.25, -0.2) is 4.98 Å². The standard InChI is InChI=1S/C14H19F3N4S.HI/c1-2-18-13(20-10-5-3-4-6-10)19-8-7-12-21-11(9-22-12)14(15,16)17;/h3-4,9-10H,2,5-8H2,1H3,(H2,18,19,20);1H. The molecule has 0 fully saturated rings. The van der Waals surface area contributed by atoms with E-state index in [4.69, 9.17) is 0 Å². The van der Waals surface area contributed by atoms with Gasteiger partial charge >= 0.3 is 6.18 Å². The van der Waals surface area contributed by atoms with Crippen LogP contribution in [0.5, 0.6) is 0 Å². The normalized spacial score (nSPS) is 15.6. The highest BCUT2D eigenvalue weighted by atomic mass is 127. The van der Waals surface area contributed by atoms with Crippen molar-refractivity contribution in [3.63, 3.8) is 0 Å². The number of guanidine groups is 1. The molecule has 0 amide bonds. The summed E-state index contributed by atoms with van der Waals surface area (Å²) in [6.45, 7) is 3.11. The molecule has 2 N–H and O–H groups in total. The van der Waals surface area contributed by atoms with Crippen LogP contribution in [0.25, 0.3) is 0 Å². The third-order valence-electron chi connectivity index (χ3n) is 3.13. The fraction of sp³-hybridized carbons (Fsp3) is 0.571. The van der Waals surface area contributed by atoms with Gasteiger partial charge in [0.05, 0.1) is 5.01 Å². The number of aliphatic imine (C=N–C) groups is 1. The van der Waals surface area contributed by atoms with Crippen LogP contribution in [-0.4, -0.2) is 30.1 Å². The van der Waals surface area contributed by atoms with Crippen LogP contribution in [0.15, 0.2) is 22.5 Å². The van der Waals surface area contributed by atoms with Crippen molar-refractivity contribution in [2.24, 2.45) is 4.99 Å². The van der Waals surface area contributed by atoms with Crippen LogP contribution in [0.3, 0.4) is 0 Å². The van der Waals surface area contributed by atoms with E-state index < -0.39 is 11.9 Å². The molecule has 0 bridgehead atoms. The second kappa shape index (κ2) is 9.45. The highest BCUT2D eigenvalue weighted by Gasteiger charge is 2.33. The highest BCUT2D eigenvalue weighted by molar-refractivity contribution is 14.0. The predicted octanol–water partition coefficient (Wildman–Crippen LogP) is 3.60.